The third kappa shape index (κ3) is 2.94. The minimum absolute atomic E-state index is 0.00104. The number of aromatic amines is 1. The van der Waals surface area contributed by atoms with Gasteiger partial charge in [-0.3, -0.25) is 5.10 Å². The number of nitrogens with one attached hydrogen (secondary N) is 1. The van der Waals surface area contributed by atoms with Crippen molar-refractivity contribution >= 4 is 11.0 Å². The van der Waals surface area contributed by atoms with Crippen LogP contribution in [0.25, 0.3) is 22.2 Å². The molecule has 0 radical (unpaired) electrons. The van der Waals surface area contributed by atoms with E-state index in [0.29, 0.717) is 6.54 Å². The summed E-state index contributed by atoms with van der Waals surface area (Å²) in [6, 6.07) is 8.98. The van der Waals surface area contributed by atoms with Crippen molar-refractivity contribution in [2.24, 2.45) is 5.73 Å². The number of benzene rings is 1. The summed E-state index contributed by atoms with van der Waals surface area (Å²) in [4.78, 5) is 4.35. The van der Waals surface area contributed by atoms with E-state index in [1.165, 1.54) is 22.3 Å². The maximum atomic E-state index is 6.11. The molecule has 0 saturated carbocycles. The van der Waals surface area contributed by atoms with Gasteiger partial charge in [0.05, 0.1) is 6.20 Å². The van der Waals surface area contributed by atoms with Crippen LogP contribution in [0.3, 0.4) is 0 Å². The van der Waals surface area contributed by atoms with Crippen LogP contribution in [0, 0.1) is 0 Å². The molecule has 2 heterocycles. The van der Waals surface area contributed by atoms with Gasteiger partial charge in [-0.05, 0) is 41.2 Å². The van der Waals surface area contributed by atoms with E-state index in [-0.39, 0.29) is 5.41 Å². The molecule has 0 fully saturated rings. The normalized spacial score (nSPS) is 14.0. The predicted molar refractivity (Wildman–Crippen MR) is 100 cm³/mol. The van der Waals surface area contributed by atoms with Crippen LogP contribution in [0.4, 0.5) is 0 Å². The van der Waals surface area contributed by atoms with Gasteiger partial charge in [0.1, 0.15) is 0 Å². The summed E-state index contributed by atoms with van der Waals surface area (Å²) in [5.41, 5.74) is 12.0. The molecule has 0 aliphatic heterocycles. The summed E-state index contributed by atoms with van der Waals surface area (Å²) in [5.74, 6) is 0. The SMILES string of the molecule is CCCc1cc(-c2ccnc3[nH]ncc23)cc(C(C)(CC)CN)c1. The molecule has 24 heavy (non-hydrogen) atoms. The lowest BCUT2D eigenvalue weighted by Gasteiger charge is -2.28. The van der Waals surface area contributed by atoms with Gasteiger partial charge in [0, 0.05) is 23.5 Å². The van der Waals surface area contributed by atoms with Gasteiger partial charge < -0.3 is 5.73 Å². The quantitative estimate of drug-likeness (QED) is 0.714. The van der Waals surface area contributed by atoms with E-state index in [4.69, 9.17) is 5.73 Å². The fourth-order valence-corrected chi connectivity index (χ4v) is 3.20. The third-order valence-electron chi connectivity index (χ3n) is 5.12. The number of aromatic nitrogens is 3. The molecule has 1 aromatic carbocycles. The average Bonchev–Trinajstić information content (AvgIpc) is 3.09. The number of fused-ring (bicyclic) bond motifs is 1. The van der Waals surface area contributed by atoms with Crippen LogP contribution in [-0.4, -0.2) is 21.7 Å². The maximum absolute atomic E-state index is 6.11. The van der Waals surface area contributed by atoms with Crippen LogP contribution >= 0.6 is 0 Å². The zero-order valence-electron chi connectivity index (χ0n) is 14.8. The second-order valence-electron chi connectivity index (χ2n) is 6.78. The van der Waals surface area contributed by atoms with Crippen LogP contribution in [0.2, 0.25) is 0 Å². The fourth-order valence-electron chi connectivity index (χ4n) is 3.20. The van der Waals surface area contributed by atoms with Gasteiger partial charge in [-0.1, -0.05) is 45.4 Å². The van der Waals surface area contributed by atoms with Gasteiger partial charge in [0.25, 0.3) is 0 Å². The van der Waals surface area contributed by atoms with Gasteiger partial charge in [-0.15, -0.1) is 0 Å². The van der Waals surface area contributed by atoms with Crippen LogP contribution in [0.15, 0.2) is 36.7 Å². The van der Waals surface area contributed by atoms with Gasteiger partial charge in [0.2, 0.25) is 0 Å². The van der Waals surface area contributed by atoms with Crippen LogP contribution in [0.1, 0.15) is 44.7 Å². The van der Waals surface area contributed by atoms with E-state index in [1.807, 2.05) is 12.4 Å². The van der Waals surface area contributed by atoms with Crippen LogP contribution in [0.5, 0.6) is 0 Å². The highest BCUT2D eigenvalue weighted by Gasteiger charge is 2.24. The first-order chi connectivity index (χ1) is 11.6. The van der Waals surface area contributed by atoms with Crippen molar-refractivity contribution < 1.29 is 0 Å². The second kappa shape index (κ2) is 6.73. The lowest BCUT2D eigenvalue weighted by molar-refractivity contribution is 0.467. The maximum Gasteiger partial charge on any atom is 0.155 e. The number of nitrogens with two attached hydrogens (primary N) is 1. The molecule has 2 aromatic heterocycles. The molecule has 3 aromatic rings. The number of H-pyrrole nitrogens is 1. The van der Waals surface area contributed by atoms with E-state index < -0.39 is 0 Å². The molecular weight excluding hydrogens is 296 g/mol. The van der Waals surface area contributed by atoms with E-state index in [9.17, 15) is 0 Å². The van der Waals surface area contributed by atoms with Crippen molar-refractivity contribution in [1.29, 1.82) is 0 Å². The molecule has 4 heteroatoms. The highest BCUT2D eigenvalue weighted by atomic mass is 15.1. The van der Waals surface area contributed by atoms with E-state index in [0.717, 1.165) is 30.3 Å². The number of rotatable bonds is 6. The topological polar surface area (TPSA) is 67.6 Å². The smallest absolute Gasteiger partial charge is 0.155 e. The molecule has 0 bridgehead atoms. The third-order valence-corrected chi connectivity index (χ3v) is 5.12. The molecule has 1 unspecified atom stereocenters. The predicted octanol–water partition coefficient (Wildman–Crippen LogP) is 4.20. The van der Waals surface area contributed by atoms with E-state index in [1.54, 1.807) is 0 Å². The van der Waals surface area contributed by atoms with E-state index in [2.05, 4.69) is 60.2 Å². The lowest BCUT2D eigenvalue weighted by atomic mass is 9.78. The molecule has 3 N–H and O–H groups in total. The summed E-state index contributed by atoms with van der Waals surface area (Å²) >= 11 is 0. The Morgan fingerprint density at radius 2 is 2.04 bits per heavy atom. The number of hydrogen-bond donors (Lipinski definition) is 2. The minimum Gasteiger partial charge on any atom is -0.330 e. The van der Waals surface area contributed by atoms with Gasteiger partial charge in [-0.25, -0.2) is 4.98 Å². The van der Waals surface area contributed by atoms with Crippen molar-refractivity contribution in [3.8, 4) is 11.1 Å². The first-order valence-electron chi connectivity index (χ1n) is 8.74. The summed E-state index contributed by atoms with van der Waals surface area (Å²) in [6.07, 6.45) is 6.92. The van der Waals surface area contributed by atoms with Crippen molar-refractivity contribution in [2.75, 3.05) is 6.54 Å². The molecule has 0 aliphatic carbocycles. The van der Waals surface area contributed by atoms with Crippen molar-refractivity contribution in [1.82, 2.24) is 15.2 Å². The molecule has 0 aliphatic rings. The Morgan fingerprint density at radius 3 is 2.75 bits per heavy atom. The Morgan fingerprint density at radius 1 is 1.21 bits per heavy atom. The summed E-state index contributed by atoms with van der Waals surface area (Å²) in [5, 5.41) is 8.16. The Labute approximate surface area is 143 Å². The Bertz CT molecular complexity index is 831. The summed E-state index contributed by atoms with van der Waals surface area (Å²) in [6.45, 7) is 7.33. The minimum atomic E-state index is 0.00104. The molecule has 0 saturated heterocycles. The fraction of sp³-hybridized carbons (Fsp3) is 0.400. The largest absolute Gasteiger partial charge is 0.330 e. The van der Waals surface area contributed by atoms with Crippen molar-refractivity contribution in [2.45, 2.75) is 45.4 Å². The molecule has 1 atom stereocenters. The summed E-state index contributed by atoms with van der Waals surface area (Å²) < 4.78 is 0. The van der Waals surface area contributed by atoms with Crippen molar-refractivity contribution in [3.63, 3.8) is 0 Å². The number of pyridine rings is 1. The average molecular weight is 322 g/mol. The first kappa shape index (κ1) is 16.7. The Hall–Kier alpha value is -2.20. The summed E-state index contributed by atoms with van der Waals surface area (Å²) in [7, 11) is 0. The van der Waals surface area contributed by atoms with Crippen molar-refractivity contribution in [3.05, 3.63) is 47.8 Å². The Kier molecular flexibility index (Phi) is 4.67. The number of nitrogens with zero attached hydrogens (tertiary/aromatic N) is 2. The highest BCUT2D eigenvalue weighted by Crippen LogP contribution is 2.34. The standard InChI is InChI=1S/C20H26N4/c1-4-6-14-9-15(11-16(10-14)20(3,5-2)13-21)17-7-8-22-19-18(17)12-23-24-19/h7-12H,4-6,13,21H2,1-3H3,(H,22,23,24). The lowest BCUT2D eigenvalue weighted by Crippen LogP contribution is -2.31. The van der Waals surface area contributed by atoms with Crippen LogP contribution in [-0.2, 0) is 11.8 Å². The number of hydrogen-bond acceptors (Lipinski definition) is 3. The first-order valence-corrected chi connectivity index (χ1v) is 8.74. The number of aryl methyl sites for hydroxylation is 1. The molecule has 0 amide bonds. The monoisotopic (exact) mass is 322 g/mol. The molecular formula is C20H26N4. The second-order valence-corrected chi connectivity index (χ2v) is 6.78. The van der Waals surface area contributed by atoms with Gasteiger partial charge in [-0.2, -0.15) is 5.10 Å². The zero-order valence-corrected chi connectivity index (χ0v) is 14.8. The molecule has 3 rings (SSSR count). The van der Waals surface area contributed by atoms with Gasteiger partial charge in [0.15, 0.2) is 5.65 Å². The highest BCUT2D eigenvalue weighted by molar-refractivity contribution is 5.92. The van der Waals surface area contributed by atoms with Crippen LogP contribution < -0.4 is 5.73 Å². The zero-order chi connectivity index (χ0) is 17.2. The van der Waals surface area contributed by atoms with Gasteiger partial charge >= 0.3 is 0 Å². The van der Waals surface area contributed by atoms with E-state index >= 15 is 0 Å². The molecule has 0 spiro atoms. The Balaban J connectivity index is 2.20. The molecule has 126 valence electrons. The molecule has 4 nitrogen and oxygen atoms in total.